The second kappa shape index (κ2) is 7.97. The summed E-state index contributed by atoms with van der Waals surface area (Å²) >= 11 is 0. The fourth-order valence-electron chi connectivity index (χ4n) is 3.52. The van der Waals surface area contributed by atoms with Crippen LogP contribution in [-0.4, -0.2) is 60.3 Å². The molecule has 0 radical (unpaired) electrons. The van der Waals surface area contributed by atoms with Crippen LogP contribution in [0.2, 0.25) is 0 Å². The summed E-state index contributed by atoms with van der Waals surface area (Å²) in [6.45, 7) is 2.52. The van der Waals surface area contributed by atoms with Gasteiger partial charge in [-0.3, -0.25) is 9.59 Å². The molecule has 2 atom stereocenters. The van der Waals surface area contributed by atoms with E-state index in [4.69, 9.17) is 4.74 Å². The number of ether oxygens (including phenoxy) is 1. The smallest absolute Gasteiger partial charge is 0.253 e. The Balaban J connectivity index is 1.44. The molecule has 0 bridgehead atoms. The molecule has 2 heterocycles. The van der Waals surface area contributed by atoms with E-state index >= 15 is 0 Å². The highest BCUT2D eigenvalue weighted by Crippen LogP contribution is 2.22. The first-order chi connectivity index (χ1) is 12.1. The Morgan fingerprint density at radius 3 is 2.84 bits per heavy atom. The van der Waals surface area contributed by atoms with E-state index in [9.17, 15) is 14.7 Å². The summed E-state index contributed by atoms with van der Waals surface area (Å²) in [4.78, 5) is 26.5. The molecule has 6 heteroatoms. The number of benzene rings is 1. The number of hydrogen-bond donors (Lipinski definition) is 2. The van der Waals surface area contributed by atoms with Gasteiger partial charge in [0.1, 0.15) is 0 Å². The first kappa shape index (κ1) is 17.9. The fraction of sp³-hybridized carbons (Fsp3) is 0.579. The average molecular weight is 346 g/mol. The number of hydrogen-bond acceptors (Lipinski definition) is 4. The Morgan fingerprint density at radius 1 is 1.32 bits per heavy atom. The Kier molecular flexibility index (Phi) is 5.71. The Hall–Kier alpha value is -1.92. The minimum absolute atomic E-state index is 0.0236. The van der Waals surface area contributed by atoms with Crippen molar-refractivity contribution in [1.82, 2.24) is 10.2 Å². The number of aliphatic hydroxyl groups is 1. The molecule has 136 valence electrons. The van der Waals surface area contributed by atoms with Crippen molar-refractivity contribution in [3.8, 4) is 0 Å². The van der Waals surface area contributed by atoms with Gasteiger partial charge in [0.05, 0.1) is 18.1 Å². The van der Waals surface area contributed by atoms with Crippen LogP contribution in [-0.2, 0) is 9.53 Å². The number of carbonyl (C=O) groups excluding carboxylic acids is 2. The number of carbonyl (C=O) groups is 2. The molecule has 0 aliphatic carbocycles. The zero-order valence-corrected chi connectivity index (χ0v) is 14.4. The maximum atomic E-state index is 12.4. The van der Waals surface area contributed by atoms with Crippen molar-refractivity contribution in [2.45, 2.75) is 31.3 Å². The van der Waals surface area contributed by atoms with Gasteiger partial charge in [-0.05, 0) is 37.8 Å². The largest absolute Gasteiger partial charge is 0.387 e. The van der Waals surface area contributed by atoms with Crippen molar-refractivity contribution in [2.75, 3.05) is 32.8 Å². The van der Waals surface area contributed by atoms with Crippen molar-refractivity contribution in [1.29, 1.82) is 0 Å². The van der Waals surface area contributed by atoms with Crippen LogP contribution in [0.25, 0.3) is 0 Å². The van der Waals surface area contributed by atoms with E-state index < -0.39 is 5.60 Å². The Morgan fingerprint density at radius 2 is 2.12 bits per heavy atom. The molecule has 2 aliphatic heterocycles. The van der Waals surface area contributed by atoms with Gasteiger partial charge >= 0.3 is 0 Å². The second-order valence-electron chi connectivity index (χ2n) is 7.02. The van der Waals surface area contributed by atoms with E-state index in [0.717, 1.165) is 6.42 Å². The van der Waals surface area contributed by atoms with E-state index in [1.165, 1.54) is 0 Å². The Labute approximate surface area is 148 Å². The van der Waals surface area contributed by atoms with Gasteiger partial charge in [-0.25, -0.2) is 0 Å². The quantitative estimate of drug-likeness (QED) is 0.840. The summed E-state index contributed by atoms with van der Waals surface area (Å²) in [5.41, 5.74) is -0.167. The molecule has 0 saturated carbocycles. The summed E-state index contributed by atoms with van der Waals surface area (Å²) in [7, 11) is 0. The summed E-state index contributed by atoms with van der Waals surface area (Å²) in [5, 5.41) is 13.3. The number of rotatable bonds is 5. The molecule has 0 aromatic heterocycles. The van der Waals surface area contributed by atoms with Gasteiger partial charge in [-0.2, -0.15) is 0 Å². The monoisotopic (exact) mass is 346 g/mol. The number of amides is 2. The van der Waals surface area contributed by atoms with Crippen molar-refractivity contribution in [3.05, 3.63) is 35.9 Å². The van der Waals surface area contributed by atoms with Gasteiger partial charge in [-0.15, -0.1) is 0 Å². The van der Waals surface area contributed by atoms with Crippen LogP contribution in [0.5, 0.6) is 0 Å². The molecular weight excluding hydrogens is 320 g/mol. The van der Waals surface area contributed by atoms with Gasteiger partial charge in [0, 0.05) is 31.8 Å². The minimum atomic E-state index is -0.823. The van der Waals surface area contributed by atoms with Crippen LogP contribution in [0.1, 0.15) is 36.0 Å². The highest BCUT2D eigenvalue weighted by Gasteiger charge is 2.33. The average Bonchev–Trinajstić information content (AvgIpc) is 3.12. The van der Waals surface area contributed by atoms with Gasteiger partial charge in [0.2, 0.25) is 5.91 Å². The van der Waals surface area contributed by atoms with Crippen LogP contribution in [0, 0.1) is 5.92 Å². The van der Waals surface area contributed by atoms with Crippen LogP contribution >= 0.6 is 0 Å². The van der Waals surface area contributed by atoms with Crippen LogP contribution in [0.15, 0.2) is 30.3 Å². The summed E-state index contributed by atoms with van der Waals surface area (Å²) in [6.07, 6.45) is 2.74. The first-order valence-corrected chi connectivity index (χ1v) is 9.00. The van der Waals surface area contributed by atoms with E-state index in [2.05, 4.69) is 5.32 Å². The lowest BCUT2D eigenvalue weighted by Gasteiger charge is -2.32. The van der Waals surface area contributed by atoms with E-state index in [0.29, 0.717) is 57.7 Å². The molecule has 1 aromatic carbocycles. The SMILES string of the molecule is O=C(NCCC1(O)CCCOC1)C1CCN(C(=O)c2ccccc2)C1. The standard InChI is InChI=1S/C19H26N2O4/c22-17(20-10-9-19(24)8-4-12-25-14-19)16-7-11-21(13-16)18(23)15-5-2-1-3-6-15/h1-3,5-6,16,24H,4,7-14H2,(H,20,22). The lowest BCUT2D eigenvalue weighted by atomic mass is 9.93. The van der Waals surface area contributed by atoms with Gasteiger partial charge < -0.3 is 20.1 Å². The topological polar surface area (TPSA) is 78.9 Å². The molecule has 2 saturated heterocycles. The molecule has 2 unspecified atom stereocenters. The van der Waals surface area contributed by atoms with Crippen molar-refractivity contribution in [2.24, 2.45) is 5.92 Å². The van der Waals surface area contributed by atoms with Crippen molar-refractivity contribution >= 4 is 11.8 Å². The molecule has 6 nitrogen and oxygen atoms in total. The molecule has 2 fully saturated rings. The van der Waals surface area contributed by atoms with Crippen LogP contribution in [0.4, 0.5) is 0 Å². The van der Waals surface area contributed by atoms with Crippen LogP contribution < -0.4 is 5.32 Å². The van der Waals surface area contributed by atoms with Crippen molar-refractivity contribution < 1.29 is 19.4 Å². The maximum Gasteiger partial charge on any atom is 0.253 e. The normalized spacial score (nSPS) is 26.4. The number of nitrogens with zero attached hydrogens (tertiary/aromatic N) is 1. The summed E-state index contributed by atoms with van der Waals surface area (Å²) in [6, 6.07) is 9.15. The fourth-order valence-corrected chi connectivity index (χ4v) is 3.52. The predicted molar refractivity (Wildman–Crippen MR) is 93.1 cm³/mol. The molecule has 3 rings (SSSR count). The maximum absolute atomic E-state index is 12.4. The highest BCUT2D eigenvalue weighted by molar-refractivity contribution is 5.95. The predicted octanol–water partition coefficient (Wildman–Crippen LogP) is 1.20. The van der Waals surface area contributed by atoms with Gasteiger partial charge in [-0.1, -0.05) is 18.2 Å². The van der Waals surface area contributed by atoms with Gasteiger partial charge in [0.25, 0.3) is 5.91 Å². The molecular formula is C19H26N2O4. The third-order valence-corrected chi connectivity index (χ3v) is 5.06. The third-order valence-electron chi connectivity index (χ3n) is 5.06. The second-order valence-corrected chi connectivity index (χ2v) is 7.02. The minimum Gasteiger partial charge on any atom is -0.387 e. The van der Waals surface area contributed by atoms with Crippen molar-refractivity contribution in [3.63, 3.8) is 0 Å². The summed E-state index contributed by atoms with van der Waals surface area (Å²) < 4.78 is 5.32. The van der Waals surface area contributed by atoms with E-state index in [1.54, 1.807) is 17.0 Å². The third kappa shape index (κ3) is 4.58. The molecule has 2 aliphatic rings. The summed E-state index contributed by atoms with van der Waals surface area (Å²) in [5.74, 6) is -0.238. The van der Waals surface area contributed by atoms with Crippen LogP contribution in [0.3, 0.4) is 0 Å². The van der Waals surface area contributed by atoms with E-state index in [1.807, 2.05) is 18.2 Å². The first-order valence-electron chi connectivity index (χ1n) is 9.00. The lowest BCUT2D eigenvalue weighted by molar-refractivity contribution is -0.125. The highest BCUT2D eigenvalue weighted by atomic mass is 16.5. The molecule has 0 spiro atoms. The van der Waals surface area contributed by atoms with E-state index in [-0.39, 0.29) is 17.7 Å². The van der Waals surface area contributed by atoms with Gasteiger partial charge in [0.15, 0.2) is 0 Å². The Bertz CT molecular complexity index is 599. The zero-order valence-electron chi connectivity index (χ0n) is 14.4. The molecule has 2 amide bonds. The zero-order chi connectivity index (χ0) is 17.7. The molecule has 2 N–H and O–H groups in total. The number of likely N-dealkylation sites (tertiary alicyclic amines) is 1. The molecule has 1 aromatic rings. The number of nitrogens with one attached hydrogen (secondary N) is 1. The molecule has 25 heavy (non-hydrogen) atoms. The lowest BCUT2D eigenvalue weighted by Crippen LogP contribution is -2.43.